The Morgan fingerprint density at radius 1 is 1.24 bits per heavy atom. The number of esters is 1. The number of likely N-dealkylation sites (tertiary alicyclic amines) is 1. The van der Waals surface area contributed by atoms with Crippen molar-refractivity contribution in [2.24, 2.45) is 5.92 Å². The van der Waals surface area contributed by atoms with Crippen LogP contribution in [0, 0.1) is 12.8 Å². The van der Waals surface area contributed by atoms with Gasteiger partial charge in [-0.25, -0.2) is 0 Å². The van der Waals surface area contributed by atoms with Crippen LogP contribution in [0.1, 0.15) is 41.4 Å². The highest BCUT2D eigenvalue weighted by Crippen LogP contribution is 2.28. The highest BCUT2D eigenvalue weighted by atomic mass is 32.1. The number of benzene rings is 1. The second kappa shape index (κ2) is 8.41. The normalized spacial score (nSPS) is 16.9. The molecule has 1 atom stereocenters. The van der Waals surface area contributed by atoms with Gasteiger partial charge in [-0.3, -0.25) is 9.59 Å². The predicted octanol–water partition coefficient (Wildman–Crippen LogP) is 4.47. The molecule has 1 saturated heterocycles. The Bertz CT molecular complexity index is 1040. The molecule has 5 nitrogen and oxygen atoms in total. The van der Waals surface area contributed by atoms with E-state index in [1.165, 1.54) is 11.1 Å². The van der Waals surface area contributed by atoms with Gasteiger partial charge in [-0.05, 0) is 49.8 Å². The molecular formula is C23H26N2O3S. The van der Waals surface area contributed by atoms with E-state index in [4.69, 9.17) is 4.74 Å². The molecule has 4 rings (SSSR count). The van der Waals surface area contributed by atoms with E-state index in [0.717, 1.165) is 23.1 Å². The van der Waals surface area contributed by atoms with Crippen LogP contribution in [0.4, 0.5) is 0 Å². The van der Waals surface area contributed by atoms with Crippen molar-refractivity contribution in [3.05, 3.63) is 58.6 Å². The zero-order valence-corrected chi connectivity index (χ0v) is 17.7. The minimum absolute atomic E-state index is 0.00458. The van der Waals surface area contributed by atoms with E-state index in [9.17, 15) is 9.59 Å². The quantitative estimate of drug-likeness (QED) is 0.583. The molecule has 0 spiro atoms. The zero-order chi connectivity index (χ0) is 20.4. The summed E-state index contributed by atoms with van der Waals surface area (Å²) in [6.07, 6.45) is 1.60. The number of hydrogen-bond donors (Lipinski definition) is 0. The zero-order valence-electron chi connectivity index (χ0n) is 16.9. The molecule has 6 heteroatoms. The summed E-state index contributed by atoms with van der Waals surface area (Å²) < 4.78 is 8.40. The lowest BCUT2D eigenvalue weighted by Crippen LogP contribution is -2.43. The van der Waals surface area contributed by atoms with Gasteiger partial charge in [0.05, 0.1) is 22.7 Å². The number of nitrogens with zero attached hydrogens (tertiary/aromatic N) is 2. The molecular weight excluding hydrogens is 384 g/mol. The molecule has 1 aromatic carbocycles. The van der Waals surface area contributed by atoms with Crippen LogP contribution in [0.2, 0.25) is 0 Å². The minimum Gasteiger partial charge on any atom is -0.466 e. The van der Waals surface area contributed by atoms with E-state index in [0.29, 0.717) is 31.9 Å². The van der Waals surface area contributed by atoms with Crippen molar-refractivity contribution in [1.29, 1.82) is 0 Å². The van der Waals surface area contributed by atoms with E-state index in [1.54, 1.807) is 11.3 Å². The van der Waals surface area contributed by atoms with Crippen LogP contribution < -0.4 is 0 Å². The van der Waals surface area contributed by atoms with Crippen LogP contribution in [0.15, 0.2) is 41.8 Å². The Morgan fingerprint density at radius 3 is 2.90 bits per heavy atom. The lowest BCUT2D eigenvalue weighted by Gasteiger charge is -2.31. The number of rotatable bonds is 5. The maximum absolute atomic E-state index is 13.4. The van der Waals surface area contributed by atoms with Gasteiger partial charge in [-0.2, -0.15) is 0 Å². The fourth-order valence-electron chi connectivity index (χ4n) is 4.09. The number of thiophene rings is 1. The summed E-state index contributed by atoms with van der Waals surface area (Å²) in [7, 11) is 0. The standard InChI is InChI=1S/C23H26N2O3S/c1-3-28-23(27)18-8-5-10-24(15-18)22(26)20-13-21-19(9-11-29-21)25(20)14-17-7-4-6-16(2)12-17/h4,6-7,9,11-13,18H,3,5,8,10,14-15H2,1-2H3. The van der Waals surface area contributed by atoms with Gasteiger partial charge in [0.15, 0.2) is 0 Å². The summed E-state index contributed by atoms with van der Waals surface area (Å²) in [6, 6.07) is 12.4. The third-order valence-electron chi connectivity index (χ3n) is 5.49. The van der Waals surface area contributed by atoms with E-state index in [-0.39, 0.29) is 17.8 Å². The van der Waals surface area contributed by atoms with Crippen LogP contribution in [-0.4, -0.2) is 41.0 Å². The van der Waals surface area contributed by atoms with E-state index < -0.39 is 0 Å². The van der Waals surface area contributed by atoms with Crippen molar-refractivity contribution in [1.82, 2.24) is 9.47 Å². The molecule has 0 N–H and O–H groups in total. The first-order valence-corrected chi connectivity index (χ1v) is 11.0. The Labute approximate surface area is 174 Å². The van der Waals surface area contributed by atoms with Crippen molar-refractivity contribution in [3.8, 4) is 0 Å². The highest BCUT2D eigenvalue weighted by Gasteiger charge is 2.31. The topological polar surface area (TPSA) is 51.5 Å². The van der Waals surface area contributed by atoms with Crippen LogP contribution >= 0.6 is 11.3 Å². The van der Waals surface area contributed by atoms with Crippen LogP contribution in [0.25, 0.3) is 10.2 Å². The van der Waals surface area contributed by atoms with Crippen LogP contribution in [0.5, 0.6) is 0 Å². The van der Waals surface area contributed by atoms with Gasteiger partial charge in [0.1, 0.15) is 5.69 Å². The molecule has 1 amide bonds. The Hall–Kier alpha value is -2.60. The average molecular weight is 411 g/mol. The van der Waals surface area contributed by atoms with Gasteiger partial charge >= 0.3 is 5.97 Å². The maximum atomic E-state index is 13.4. The molecule has 1 fully saturated rings. The number of aryl methyl sites for hydroxylation is 1. The molecule has 1 aliphatic rings. The van der Waals surface area contributed by atoms with Gasteiger partial charge in [0.25, 0.3) is 5.91 Å². The second-order valence-electron chi connectivity index (χ2n) is 7.62. The number of piperidine rings is 1. The Balaban J connectivity index is 1.62. The van der Waals surface area contributed by atoms with Crippen LogP contribution in [-0.2, 0) is 16.1 Å². The molecule has 1 aliphatic heterocycles. The first-order valence-electron chi connectivity index (χ1n) is 10.1. The predicted molar refractivity (Wildman–Crippen MR) is 115 cm³/mol. The summed E-state index contributed by atoms with van der Waals surface area (Å²) >= 11 is 1.65. The molecule has 0 saturated carbocycles. The number of hydrogen-bond acceptors (Lipinski definition) is 4. The first kappa shape index (κ1) is 19.7. The second-order valence-corrected chi connectivity index (χ2v) is 8.56. The largest absolute Gasteiger partial charge is 0.466 e. The van der Waals surface area contributed by atoms with E-state index in [2.05, 4.69) is 47.2 Å². The summed E-state index contributed by atoms with van der Waals surface area (Å²) in [6.45, 7) is 6.03. The molecule has 152 valence electrons. The van der Waals surface area contributed by atoms with E-state index in [1.807, 2.05) is 17.9 Å². The van der Waals surface area contributed by atoms with Crippen molar-refractivity contribution >= 4 is 33.4 Å². The minimum atomic E-state index is -0.228. The number of aromatic nitrogens is 1. The van der Waals surface area contributed by atoms with Gasteiger partial charge in [-0.15, -0.1) is 11.3 Å². The summed E-state index contributed by atoms with van der Waals surface area (Å²) in [5.41, 5.74) is 4.15. The molecule has 29 heavy (non-hydrogen) atoms. The first-order chi connectivity index (χ1) is 14.1. The average Bonchev–Trinajstić information content (AvgIpc) is 3.30. The fraction of sp³-hybridized carbons (Fsp3) is 0.391. The molecule has 3 aromatic rings. The molecule has 0 bridgehead atoms. The summed E-state index contributed by atoms with van der Waals surface area (Å²) in [5, 5.41) is 2.06. The Kier molecular flexibility index (Phi) is 5.72. The lowest BCUT2D eigenvalue weighted by atomic mass is 9.98. The highest BCUT2D eigenvalue weighted by molar-refractivity contribution is 7.17. The molecule has 1 unspecified atom stereocenters. The number of carbonyl (C=O) groups excluding carboxylic acids is 2. The third kappa shape index (κ3) is 4.08. The maximum Gasteiger partial charge on any atom is 0.310 e. The molecule has 3 heterocycles. The third-order valence-corrected chi connectivity index (χ3v) is 6.35. The lowest BCUT2D eigenvalue weighted by molar-refractivity contribution is -0.149. The van der Waals surface area contributed by atoms with Crippen molar-refractivity contribution in [2.75, 3.05) is 19.7 Å². The van der Waals surface area contributed by atoms with Crippen molar-refractivity contribution in [2.45, 2.75) is 33.2 Å². The van der Waals surface area contributed by atoms with Gasteiger partial charge in [0, 0.05) is 19.6 Å². The van der Waals surface area contributed by atoms with Gasteiger partial charge < -0.3 is 14.2 Å². The van der Waals surface area contributed by atoms with Gasteiger partial charge in [0.2, 0.25) is 0 Å². The molecule has 0 aliphatic carbocycles. The summed E-state index contributed by atoms with van der Waals surface area (Å²) in [5.74, 6) is -0.426. The van der Waals surface area contributed by atoms with E-state index >= 15 is 0 Å². The molecule has 2 aromatic heterocycles. The van der Waals surface area contributed by atoms with Crippen molar-refractivity contribution < 1.29 is 14.3 Å². The van der Waals surface area contributed by atoms with Gasteiger partial charge in [-0.1, -0.05) is 29.8 Å². The monoisotopic (exact) mass is 410 g/mol. The fourth-order valence-corrected chi connectivity index (χ4v) is 4.92. The number of fused-ring (bicyclic) bond motifs is 1. The Morgan fingerprint density at radius 2 is 2.10 bits per heavy atom. The number of amides is 1. The van der Waals surface area contributed by atoms with Crippen molar-refractivity contribution in [3.63, 3.8) is 0 Å². The summed E-state index contributed by atoms with van der Waals surface area (Å²) in [4.78, 5) is 27.4. The van der Waals surface area contributed by atoms with Crippen LogP contribution in [0.3, 0.4) is 0 Å². The number of ether oxygens (including phenoxy) is 1. The smallest absolute Gasteiger partial charge is 0.310 e. The number of carbonyl (C=O) groups is 2. The molecule has 0 radical (unpaired) electrons. The SMILES string of the molecule is CCOC(=O)C1CCCN(C(=O)c2cc3sccc3n2Cc2cccc(C)c2)C1.